The second-order valence-electron chi connectivity index (χ2n) is 5.27. The van der Waals surface area contributed by atoms with Crippen molar-refractivity contribution in [1.29, 1.82) is 0 Å². The van der Waals surface area contributed by atoms with Crippen molar-refractivity contribution in [2.45, 2.75) is 0 Å². The molecular weight excluding hydrogens is 245 g/mol. The van der Waals surface area contributed by atoms with E-state index in [1.807, 2.05) is 4.90 Å². The number of hydrogen-bond acceptors (Lipinski definition) is 4. The molecule has 0 aliphatic carbocycles. The van der Waals surface area contributed by atoms with Gasteiger partial charge in [0.25, 0.3) is 0 Å². The number of likely N-dealkylation sites (tertiary alicyclic amines) is 1. The van der Waals surface area contributed by atoms with E-state index in [0.717, 1.165) is 19.6 Å². The normalized spacial score (nSPS) is 22.6. The molecule has 1 aromatic rings. The van der Waals surface area contributed by atoms with E-state index in [2.05, 4.69) is 18.1 Å². The van der Waals surface area contributed by atoms with Crippen LogP contribution < -0.4 is 15.4 Å². The van der Waals surface area contributed by atoms with Gasteiger partial charge in [-0.15, -0.1) is 0 Å². The van der Waals surface area contributed by atoms with Crippen LogP contribution in [0.4, 0.5) is 15.8 Å². The molecule has 2 aliphatic heterocycles. The standard InChI is InChI=1S/C14H18FN3O/c1-17-5-9-7-18(8-10(9)6-17)12-4-3-11(16)14(19-2)13(12)15/h3-4,7,10H,5-6,8,16H2,1-2H3/t10-/m1/s1. The first-order chi connectivity index (χ1) is 9.10. The molecule has 1 saturated heterocycles. The van der Waals surface area contributed by atoms with Gasteiger partial charge in [-0.05, 0) is 24.8 Å². The predicted octanol–water partition coefficient (Wildman–Crippen LogP) is 1.68. The molecule has 3 rings (SSSR count). The number of fused-ring (bicyclic) bond motifs is 1. The van der Waals surface area contributed by atoms with E-state index in [9.17, 15) is 4.39 Å². The zero-order chi connectivity index (χ0) is 13.6. The molecule has 2 heterocycles. The number of likely N-dealkylation sites (N-methyl/N-ethyl adjacent to an activating group) is 1. The minimum absolute atomic E-state index is 0.130. The van der Waals surface area contributed by atoms with Crippen molar-refractivity contribution >= 4 is 11.4 Å². The molecule has 2 aliphatic rings. The highest BCUT2D eigenvalue weighted by molar-refractivity contribution is 5.65. The zero-order valence-electron chi connectivity index (χ0n) is 11.2. The zero-order valence-corrected chi connectivity index (χ0v) is 11.2. The summed E-state index contributed by atoms with van der Waals surface area (Å²) in [6.45, 7) is 2.83. The number of nitrogens with two attached hydrogens (primary N) is 1. The van der Waals surface area contributed by atoms with Crippen molar-refractivity contribution in [2.75, 3.05) is 44.4 Å². The first-order valence-corrected chi connectivity index (χ1v) is 6.38. The Labute approximate surface area is 112 Å². The van der Waals surface area contributed by atoms with E-state index in [1.54, 1.807) is 12.1 Å². The molecule has 2 N–H and O–H groups in total. The van der Waals surface area contributed by atoms with Gasteiger partial charge in [-0.1, -0.05) is 0 Å². The quantitative estimate of drug-likeness (QED) is 0.824. The van der Waals surface area contributed by atoms with Crippen molar-refractivity contribution in [2.24, 2.45) is 5.92 Å². The van der Waals surface area contributed by atoms with Crippen molar-refractivity contribution in [3.05, 3.63) is 29.7 Å². The lowest BCUT2D eigenvalue weighted by Gasteiger charge is -2.21. The van der Waals surface area contributed by atoms with Crippen LogP contribution in [0.1, 0.15) is 0 Å². The van der Waals surface area contributed by atoms with E-state index in [0.29, 0.717) is 17.3 Å². The van der Waals surface area contributed by atoms with Crippen LogP contribution in [0.15, 0.2) is 23.9 Å². The van der Waals surface area contributed by atoms with Crippen molar-refractivity contribution in [3.63, 3.8) is 0 Å². The minimum Gasteiger partial charge on any atom is -0.492 e. The molecule has 0 bridgehead atoms. The molecule has 1 aromatic carbocycles. The molecule has 0 radical (unpaired) electrons. The third-order valence-electron chi connectivity index (χ3n) is 3.87. The number of halogens is 1. The molecular formula is C14H18FN3O. The Bertz CT molecular complexity index is 544. The lowest BCUT2D eigenvalue weighted by molar-refractivity contribution is 0.387. The fourth-order valence-electron chi connectivity index (χ4n) is 2.97. The van der Waals surface area contributed by atoms with Crippen LogP contribution in [-0.4, -0.2) is 38.7 Å². The Hall–Kier alpha value is -1.75. The van der Waals surface area contributed by atoms with Crippen LogP contribution >= 0.6 is 0 Å². The smallest absolute Gasteiger partial charge is 0.190 e. The predicted molar refractivity (Wildman–Crippen MR) is 73.8 cm³/mol. The fraction of sp³-hybridized carbons (Fsp3) is 0.429. The summed E-state index contributed by atoms with van der Waals surface area (Å²) in [6, 6.07) is 3.41. The van der Waals surface area contributed by atoms with Gasteiger partial charge in [0.1, 0.15) is 0 Å². The molecule has 0 aromatic heterocycles. The average molecular weight is 263 g/mol. The van der Waals surface area contributed by atoms with Gasteiger partial charge < -0.3 is 20.3 Å². The summed E-state index contributed by atoms with van der Waals surface area (Å²) in [5, 5.41) is 0. The Morgan fingerprint density at radius 1 is 1.37 bits per heavy atom. The highest BCUT2D eigenvalue weighted by atomic mass is 19.1. The van der Waals surface area contributed by atoms with E-state index in [4.69, 9.17) is 10.5 Å². The monoisotopic (exact) mass is 263 g/mol. The first-order valence-electron chi connectivity index (χ1n) is 6.38. The first kappa shape index (κ1) is 12.3. The van der Waals surface area contributed by atoms with Gasteiger partial charge in [-0.2, -0.15) is 0 Å². The van der Waals surface area contributed by atoms with Crippen LogP contribution in [-0.2, 0) is 0 Å². The van der Waals surface area contributed by atoms with Crippen LogP contribution in [0.2, 0.25) is 0 Å². The maximum Gasteiger partial charge on any atom is 0.190 e. The Morgan fingerprint density at radius 2 is 2.16 bits per heavy atom. The fourth-order valence-corrected chi connectivity index (χ4v) is 2.97. The van der Waals surface area contributed by atoms with E-state index < -0.39 is 0 Å². The maximum absolute atomic E-state index is 14.4. The molecule has 1 atom stereocenters. The number of nitrogen functional groups attached to an aromatic ring is 1. The lowest BCUT2D eigenvalue weighted by atomic mass is 10.1. The number of rotatable bonds is 2. The van der Waals surface area contributed by atoms with Gasteiger partial charge in [0, 0.05) is 31.8 Å². The minimum atomic E-state index is -0.382. The Kier molecular flexibility index (Phi) is 2.86. The van der Waals surface area contributed by atoms with Crippen LogP contribution in [0.3, 0.4) is 0 Å². The number of nitrogens with zero attached hydrogens (tertiary/aromatic N) is 2. The Morgan fingerprint density at radius 3 is 2.84 bits per heavy atom. The number of benzene rings is 1. The Balaban J connectivity index is 1.93. The highest BCUT2D eigenvalue weighted by Gasteiger charge is 2.33. The van der Waals surface area contributed by atoms with Crippen molar-refractivity contribution in [3.8, 4) is 5.75 Å². The van der Waals surface area contributed by atoms with Crippen LogP contribution in [0.25, 0.3) is 0 Å². The summed E-state index contributed by atoms with van der Waals surface area (Å²) in [5.74, 6) is 0.255. The molecule has 102 valence electrons. The summed E-state index contributed by atoms with van der Waals surface area (Å²) >= 11 is 0. The van der Waals surface area contributed by atoms with Gasteiger partial charge in [-0.3, -0.25) is 0 Å². The van der Waals surface area contributed by atoms with Gasteiger partial charge in [0.05, 0.1) is 18.5 Å². The van der Waals surface area contributed by atoms with Gasteiger partial charge in [-0.25, -0.2) is 4.39 Å². The molecule has 0 unspecified atom stereocenters. The SMILES string of the molecule is COc1c(N)ccc(N2C=C3CN(C)C[C@@H]3C2)c1F. The van der Waals surface area contributed by atoms with Gasteiger partial charge in [0.15, 0.2) is 11.6 Å². The maximum atomic E-state index is 14.4. The lowest BCUT2D eigenvalue weighted by Crippen LogP contribution is -2.23. The molecule has 0 saturated carbocycles. The third-order valence-corrected chi connectivity index (χ3v) is 3.87. The van der Waals surface area contributed by atoms with Crippen molar-refractivity contribution < 1.29 is 9.13 Å². The molecule has 5 heteroatoms. The van der Waals surface area contributed by atoms with E-state index in [-0.39, 0.29) is 11.6 Å². The van der Waals surface area contributed by atoms with E-state index >= 15 is 0 Å². The molecule has 0 spiro atoms. The molecule has 0 amide bonds. The summed E-state index contributed by atoms with van der Waals surface area (Å²) in [5.41, 5.74) is 7.94. The molecule has 19 heavy (non-hydrogen) atoms. The van der Waals surface area contributed by atoms with Crippen LogP contribution in [0.5, 0.6) is 5.75 Å². The van der Waals surface area contributed by atoms with Crippen molar-refractivity contribution in [1.82, 2.24) is 4.90 Å². The summed E-state index contributed by atoms with van der Waals surface area (Å²) in [6.07, 6.45) is 2.06. The summed E-state index contributed by atoms with van der Waals surface area (Å²) < 4.78 is 19.4. The summed E-state index contributed by atoms with van der Waals surface area (Å²) in [4.78, 5) is 4.25. The number of hydrogen-bond donors (Lipinski definition) is 1. The van der Waals surface area contributed by atoms with Gasteiger partial charge >= 0.3 is 0 Å². The molecule has 4 nitrogen and oxygen atoms in total. The number of methoxy groups -OCH3 is 1. The van der Waals surface area contributed by atoms with E-state index in [1.165, 1.54) is 12.7 Å². The second-order valence-corrected chi connectivity index (χ2v) is 5.27. The van der Waals surface area contributed by atoms with Gasteiger partial charge in [0.2, 0.25) is 0 Å². The topological polar surface area (TPSA) is 41.7 Å². The highest BCUT2D eigenvalue weighted by Crippen LogP contribution is 2.37. The number of ether oxygens (including phenoxy) is 1. The van der Waals surface area contributed by atoms with Crippen LogP contribution in [0, 0.1) is 11.7 Å². The third kappa shape index (κ3) is 1.94. The molecule has 1 fully saturated rings. The number of anilines is 2. The second kappa shape index (κ2) is 4.42. The average Bonchev–Trinajstić information content (AvgIpc) is 2.86. The summed E-state index contributed by atoms with van der Waals surface area (Å²) in [7, 11) is 3.54. The largest absolute Gasteiger partial charge is 0.492 e.